The molecule has 10 heteroatoms. The van der Waals surface area contributed by atoms with E-state index in [0.29, 0.717) is 30.5 Å². The van der Waals surface area contributed by atoms with Crippen LogP contribution in [0.4, 0.5) is 14.5 Å². The van der Waals surface area contributed by atoms with Crippen LogP contribution in [0.2, 0.25) is 0 Å². The largest absolute Gasteiger partial charge is 0.496 e. The molecule has 0 radical (unpaired) electrons. The predicted molar refractivity (Wildman–Crippen MR) is 108 cm³/mol. The van der Waals surface area contributed by atoms with Gasteiger partial charge in [0.05, 0.1) is 18.4 Å². The van der Waals surface area contributed by atoms with Gasteiger partial charge < -0.3 is 23.9 Å². The van der Waals surface area contributed by atoms with Crippen LogP contribution in [0.1, 0.15) is 34.8 Å². The number of hydrogen-bond donors (Lipinski definition) is 1. The summed E-state index contributed by atoms with van der Waals surface area (Å²) in [4.78, 5) is 21.6. The highest BCUT2D eigenvalue weighted by Crippen LogP contribution is 2.29. The maximum atomic E-state index is 13.0. The summed E-state index contributed by atoms with van der Waals surface area (Å²) < 4.78 is 42.6. The van der Waals surface area contributed by atoms with Crippen molar-refractivity contribution >= 4 is 17.2 Å². The molecule has 0 saturated carbocycles. The van der Waals surface area contributed by atoms with Gasteiger partial charge in [0.15, 0.2) is 6.61 Å². The van der Waals surface area contributed by atoms with Gasteiger partial charge in [-0.3, -0.25) is 4.79 Å². The van der Waals surface area contributed by atoms with Crippen molar-refractivity contribution in [3.8, 4) is 11.6 Å². The Kier molecular flexibility index (Phi) is 6.26. The van der Waals surface area contributed by atoms with Gasteiger partial charge in [-0.2, -0.15) is 0 Å². The van der Waals surface area contributed by atoms with E-state index in [1.165, 1.54) is 19.4 Å². The lowest BCUT2D eigenvalue weighted by molar-refractivity contribution is 0.0799. The number of carbonyl (C=O) groups is 1. The van der Waals surface area contributed by atoms with E-state index in [2.05, 4.69) is 15.3 Å². The molecule has 1 N–H and O–H groups in total. The van der Waals surface area contributed by atoms with Gasteiger partial charge in [0.2, 0.25) is 5.88 Å². The molecule has 0 spiro atoms. The molecule has 0 bridgehead atoms. The Morgan fingerprint density at radius 1 is 1.35 bits per heavy atom. The number of amides is 1. The molecule has 0 aromatic carbocycles. The van der Waals surface area contributed by atoms with Crippen LogP contribution < -0.4 is 14.8 Å². The van der Waals surface area contributed by atoms with Crippen LogP contribution in [0.3, 0.4) is 0 Å². The summed E-state index contributed by atoms with van der Waals surface area (Å²) in [6.45, 7) is 0.590. The van der Waals surface area contributed by atoms with Crippen molar-refractivity contribution in [1.82, 2.24) is 14.4 Å². The second kappa shape index (κ2) is 9.25. The molecular formula is C21H22F2N4O4. The molecule has 0 atom stereocenters. The van der Waals surface area contributed by atoms with Gasteiger partial charge in [-0.1, -0.05) is 0 Å². The Morgan fingerprint density at radius 2 is 2.16 bits per heavy atom. The number of pyridine rings is 2. The van der Waals surface area contributed by atoms with E-state index in [9.17, 15) is 13.6 Å². The highest BCUT2D eigenvalue weighted by molar-refractivity contribution is 6.06. The van der Waals surface area contributed by atoms with Crippen molar-refractivity contribution in [2.24, 2.45) is 0 Å². The summed E-state index contributed by atoms with van der Waals surface area (Å²) in [5.74, 6) is 0.0746. The maximum absolute atomic E-state index is 13.0. The van der Waals surface area contributed by atoms with Crippen molar-refractivity contribution in [2.75, 3.05) is 32.2 Å². The molecule has 1 saturated heterocycles. The van der Waals surface area contributed by atoms with Crippen molar-refractivity contribution < 1.29 is 27.8 Å². The minimum Gasteiger partial charge on any atom is -0.496 e. The molecule has 3 aromatic rings. The molecular weight excluding hydrogens is 410 g/mol. The van der Waals surface area contributed by atoms with Crippen LogP contribution in [0, 0.1) is 0 Å². The van der Waals surface area contributed by atoms with E-state index in [1.54, 1.807) is 22.7 Å². The second-order valence-electron chi connectivity index (χ2n) is 7.09. The number of ether oxygens (including phenoxy) is 3. The van der Waals surface area contributed by atoms with Gasteiger partial charge in [0.1, 0.15) is 17.1 Å². The standard InChI is InChI=1S/C21H22F2N4O4/c1-29-17-9-19-25-16(13-4-7-30-8-5-13)11-27(19)10-14(17)20(28)26-15-3-2-6-24-21(15)31-12-18(22)23/h2-3,6,9-11,13,18H,4-5,7-8,12H2,1H3,(H,26,28). The van der Waals surface area contributed by atoms with Crippen molar-refractivity contribution in [2.45, 2.75) is 25.2 Å². The number of anilines is 1. The average Bonchev–Trinajstić information content (AvgIpc) is 3.21. The first-order valence-electron chi connectivity index (χ1n) is 9.87. The van der Waals surface area contributed by atoms with Gasteiger partial charge in [-0.25, -0.2) is 18.7 Å². The monoisotopic (exact) mass is 432 g/mol. The molecule has 164 valence electrons. The summed E-state index contributed by atoms with van der Waals surface area (Å²) in [5, 5.41) is 2.66. The number of imidazole rings is 1. The SMILES string of the molecule is COc1cc2nc(C3CCOCC3)cn2cc1C(=O)Nc1cccnc1OCC(F)F. The van der Waals surface area contributed by atoms with E-state index >= 15 is 0 Å². The zero-order chi connectivity index (χ0) is 21.8. The summed E-state index contributed by atoms with van der Waals surface area (Å²) in [5.41, 5.74) is 2.05. The number of aromatic nitrogens is 3. The third kappa shape index (κ3) is 4.74. The summed E-state index contributed by atoms with van der Waals surface area (Å²) in [7, 11) is 1.46. The highest BCUT2D eigenvalue weighted by Gasteiger charge is 2.21. The van der Waals surface area contributed by atoms with Crippen molar-refractivity contribution in [1.29, 1.82) is 0 Å². The lowest BCUT2D eigenvalue weighted by atomic mass is 9.97. The third-order valence-electron chi connectivity index (χ3n) is 5.04. The van der Waals surface area contributed by atoms with Crippen molar-refractivity contribution in [3.05, 3.63) is 48.0 Å². The van der Waals surface area contributed by atoms with Crippen LogP contribution in [0.15, 0.2) is 36.8 Å². The fourth-order valence-corrected chi connectivity index (χ4v) is 3.50. The number of methoxy groups -OCH3 is 1. The lowest BCUT2D eigenvalue weighted by Gasteiger charge is -2.19. The normalized spacial score (nSPS) is 14.7. The summed E-state index contributed by atoms with van der Waals surface area (Å²) >= 11 is 0. The van der Waals surface area contributed by atoms with Gasteiger partial charge in [-0.15, -0.1) is 0 Å². The molecule has 4 rings (SSSR count). The summed E-state index contributed by atoms with van der Waals surface area (Å²) in [6, 6.07) is 4.79. The van der Waals surface area contributed by atoms with Gasteiger partial charge in [-0.05, 0) is 25.0 Å². The molecule has 1 fully saturated rings. The molecule has 8 nitrogen and oxygen atoms in total. The topological polar surface area (TPSA) is 87.0 Å². The average molecular weight is 432 g/mol. The van der Waals surface area contributed by atoms with E-state index in [4.69, 9.17) is 14.2 Å². The third-order valence-corrected chi connectivity index (χ3v) is 5.04. The number of nitrogens with one attached hydrogen (secondary N) is 1. The van der Waals surface area contributed by atoms with Crippen LogP contribution in [0.5, 0.6) is 11.6 Å². The Labute approximate surface area is 177 Å². The highest BCUT2D eigenvalue weighted by atomic mass is 19.3. The number of hydrogen-bond acceptors (Lipinski definition) is 6. The Hall–Kier alpha value is -3.27. The summed E-state index contributed by atoms with van der Waals surface area (Å²) in [6.07, 6.45) is 4.08. The van der Waals surface area contributed by atoms with E-state index in [-0.39, 0.29) is 17.1 Å². The second-order valence-corrected chi connectivity index (χ2v) is 7.09. The van der Waals surface area contributed by atoms with Crippen molar-refractivity contribution in [3.63, 3.8) is 0 Å². The first-order chi connectivity index (χ1) is 15.0. The van der Waals surface area contributed by atoms with Crippen LogP contribution in [0.25, 0.3) is 5.65 Å². The van der Waals surface area contributed by atoms with Crippen LogP contribution >= 0.6 is 0 Å². The minimum absolute atomic E-state index is 0.0828. The van der Waals surface area contributed by atoms with Gasteiger partial charge in [0, 0.05) is 43.8 Å². The molecule has 1 aliphatic heterocycles. The smallest absolute Gasteiger partial charge is 0.272 e. The number of rotatable bonds is 7. The number of nitrogens with zero attached hydrogens (tertiary/aromatic N) is 3. The van der Waals surface area contributed by atoms with Crippen LogP contribution in [-0.4, -0.2) is 53.6 Å². The molecule has 4 heterocycles. The molecule has 0 unspecified atom stereocenters. The number of halogens is 2. The van der Waals surface area contributed by atoms with Crippen LogP contribution in [-0.2, 0) is 4.74 Å². The van der Waals surface area contributed by atoms with Gasteiger partial charge >= 0.3 is 0 Å². The fraction of sp³-hybridized carbons (Fsp3) is 0.381. The zero-order valence-electron chi connectivity index (χ0n) is 16.9. The zero-order valence-corrected chi connectivity index (χ0v) is 16.9. The number of alkyl halides is 2. The molecule has 1 aliphatic rings. The number of fused-ring (bicyclic) bond motifs is 1. The Balaban J connectivity index is 1.60. The predicted octanol–water partition coefficient (Wildman–Crippen LogP) is 3.53. The molecule has 0 aliphatic carbocycles. The van der Waals surface area contributed by atoms with E-state index < -0.39 is 18.9 Å². The fourth-order valence-electron chi connectivity index (χ4n) is 3.50. The first-order valence-corrected chi connectivity index (χ1v) is 9.87. The molecule has 31 heavy (non-hydrogen) atoms. The Bertz CT molecular complexity index is 1070. The van der Waals surface area contributed by atoms with E-state index in [1.807, 2.05) is 6.20 Å². The molecule has 1 amide bonds. The quantitative estimate of drug-likeness (QED) is 0.615. The minimum atomic E-state index is -2.65. The molecule has 3 aromatic heterocycles. The Morgan fingerprint density at radius 3 is 2.90 bits per heavy atom. The van der Waals surface area contributed by atoms with E-state index in [0.717, 1.165) is 18.5 Å². The van der Waals surface area contributed by atoms with Gasteiger partial charge in [0.25, 0.3) is 12.3 Å². The lowest BCUT2D eigenvalue weighted by Crippen LogP contribution is -2.16. The first kappa shape index (κ1) is 21.0. The maximum Gasteiger partial charge on any atom is 0.272 e. The number of carbonyl (C=O) groups excluding carboxylic acids is 1.